The van der Waals surface area contributed by atoms with Gasteiger partial charge in [0, 0.05) is 6.42 Å². The van der Waals surface area contributed by atoms with Crippen molar-refractivity contribution in [3.05, 3.63) is 0 Å². The smallest absolute Gasteiger partial charge is 0.377 e. The highest BCUT2D eigenvalue weighted by Crippen LogP contribution is 2.23. The van der Waals surface area contributed by atoms with Crippen molar-refractivity contribution >= 4 is 11.9 Å². The highest BCUT2D eigenvalue weighted by atomic mass is 19.3. The molecule has 15 heavy (non-hydrogen) atoms. The van der Waals surface area contributed by atoms with Gasteiger partial charge in [0.15, 0.2) is 0 Å². The quantitative estimate of drug-likeness (QED) is 0.699. The zero-order valence-corrected chi connectivity index (χ0v) is 8.63. The molecule has 1 unspecified atom stereocenters. The van der Waals surface area contributed by atoms with E-state index in [1.165, 1.54) is 6.92 Å². The number of aliphatic carboxylic acids is 1. The van der Waals surface area contributed by atoms with Crippen LogP contribution in [-0.2, 0) is 14.3 Å². The van der Waals surface area contributed by atoms with E-state index in [9.17, 15) is 18.4 Å². The summed E-state index contributed by atoms with van der Waals surface area (Å²) in [6.07, 6.45) is -1.95. The van der Waals surface area contributed by atoms with Gasteiger partial charge in [-0.1, -0.05) is 6.92 Å². The molecule has 0 aromatic rings. The molecule has 0 heterocycles. The van der Waals surface area contributed by atoms with E-state index in [1.807, 2.05) is 0 Å². The second kappa shape index (κ2) is 5.63. The average molecular weight is 224 g/mol. The minimum absolute atomic E-state index is 0.431. The van der Waals surface area contributed by atoms with Crippen LogP contribution >= 0.6 is 0 Å². The first kappa shape index (κ1) is 13.8. The first-order valence-corrected chi connectivity index (χ1v) is 4.60. The average Bonchev–Trinajstić information content (AvgIpc) is 2.14. The molecule has 6 heteroatoms. The molecule has 0 fully saturated rings. The normalized spacial score (nSPS) is 13.3. The third-order valence-electron chi connectivity index (χ3n) is 1.83. The fourth-order valence-electron chi connectivity index (χ4n) is 0.718. The molecule has 1 N–H and O–H groups in total. The van der Waals surface area contributed by atoms with E-state index in [4.69, 9.17) is 5.11 Å². The summed E-state index contributed by atoms with van der Waals surface area (Å²) in [5, 5.41) is 8.20. The summed E-state index contributed by atoms with van der Waals surface area (Å²) in [6.45, 7) is 3.18. The number of ether oxygens (including phenoxy) is 1. The van der Waals surface area contributed by atoms with Crippen LogP contribution in [-0.4, -0.2) is 29.1 Å². The Morgan fingerprint density at radius 3 is 2.40 bits per heavy atom. The molecule has 0 aliphatic carbocycles. The van der Waals surface area contributed by atoms with Crippen LogP contribution in [0.2, 0.25) is 0 Å². The topological polar surface area (TPSA) is 63.6 Å². The number of hydrogen-bond donors (Lipinski definition) is 1. The predicted molar refractivity (Wildman–Crippen MR) is 47.7 cm³/mol. The molecule has 0 bridgehead atoms. The van der Waals surface area contributed by atoms with Crippen LogP contribution in [0.5, 0.6) is 0 Å². The standard InChI is InChI=1S/C9H14F2O4/c1-3-6(2)15-8(14)9(10,11)5-4-7(12)13/h6H,3-5H2,1-2H3,(H,12,13). The third-order valence-corrected chi connectivity index (χ3v) is 1.83. The molecule has 0 aliphatic rings. The fraction of sp³-hybridized carbons (Fsp3) is 0.778. The van der Waals surface area contributed by atoms with Gasteiger partial charge in [0.1, 0.15) is 0 Å². The minimum atomic E-state index is -3.72. The lowest BCUT2D eigenvalue weighted by molar-refractivity contribution is -0.178. The van der Waals surface area contributed by atoms with Crippen molar-refractivity contribution in [1.29, 1.82) is 0 Å². The molecule has 88 valence electrons. The summed E-state index contributed by atoms with van der Waals surface area (Å²) < 4.78 is 30.3. The number of carboxylic acids is 1. The number of esters is 1. The number of hydrogen-bond acceptors (Lipinski definition) is 3. The van der Waals surface area contributed by atoms with E-state index in [0.29, 0.717) is 6.42 Å². The van der Waals surface area contributed by atoms with Crippen LogP contribution in [0, 0.1) is 0 Å². The summed E-state index contributed by atoms with van der Waals surface area (Å²) in [7, 11) is 0. The zero-order valence-electron chi connectivity index (χ0n) is 8.63. The Morgan fingerprint density at radius 1 is 1.47 bits per heavy atom. The Labute approximate surface area is 86.2 Å². The minimum Gasteiger partial charge on any atom is -0.481 e. The maximum absolute atomic E-state index is 12.9. The molecule has 0 aromatic heterocycles. The molecular formula is C9H14F2O4. The monoisotopic (exact) mass is 224 g/mol. The Balaban J connectivity index is 4.19. The van der Waals surface area contributed by atoms with Crippen LogP contribution in [0.4, 0.5) is 8.78 Å². The Bertz CT molecular complexity index is 240. The fourth-order valence-corrected chi connectivity index (χ4v) is 0.718. The van der Waals surface area contributed by atoms with Crippen LogP contribution in [0.1, 0.15) is 33.1 Å². The zero-order chi connectivity index (χ0) is 12.1. The maximum Gasteiger partial charge on any atom is 0.377 e. The van der Waals surface area contributed by atoms with E-state index < -0.39 is 36.8 Å². The van der Waals surface area contributed by atoms with E-state index in [-0.39, 0.29) is 0 Å². The van der Waals surface area contributed by atoms with Crippen molar-refractivity contribution in [1.82, 2.24) is 0 Å². The van der Waals surface area contributed by atoms with Crippen molar-refractivity contribution in [3.8, 4) is 0 Å². The molecular weight excluding hydrogens is 210 g/mol. The van der Waals surface area contributed by atoms with Crippen molar-refractivity contribution < 1.29 is 28.2 Å². The molecule has 0 spiro atoms. The maximum atomic E-state index is 12.9. The molecule has 0 saturated carbocycles. The van der Waals surface area contributed by atoms with Gasteiger partial charge in [0.2, 0.25) is 0 Å². The highest BCUT2D eigenvalue weighted by Gasteiger charge is 2.41. The van der Waals surface area contributed by atoms with E-state index >= 15 is 0 Å². The van der Waals surface area contributed by atoms with Gasteiger partial charge in [0.25, 0.3) is 0 Å². The molecule has 1 atom stereocenters. The summed E-state index contributed by atoms with van der Waals surface area (Å²) in [4.78, 5) is 20.9. The van der Waals surface area contributed by atoms with Gasteiger partial charge in [0.05, 0.1) is 12.5 Å². The molecule has 4 nitrogen and oxygen atoms in total. The van der Waals surface area contributed by atoms with Gasteiger partial charge < -0.3 is 9.84 Å². The van der Waals surface area contributed by atoms with Crippen molar-refractivity contribution in [3.63, 3.8) is 0 Å². The van der Waals surface area contributed by atoms with Gasteiger partial charge in [-0.2, -0.15) is 8.78 Å². The summed E-state index contributed by atoms with van der Waals surface area (Å²) >= 11 is 0. The molecule has 0 amide bonds. The lowest BCUT2D eigenvalue weighted by Crippen LogP contribution is -2.33. The largest absolute Gasteiger partial charge is 0.481 e. The Hall–Kier alpha value is -1.20. The van der Waals surface area contributed by atoms with Gasteiger partial charge in [-0.3, -0.25) is 4.79 Å². The van der Waals surface area contributed by atoms with Crippen LogP contribution in [0.15, 0.2) is 0 Å². The van der Waals surface area contributed by atoms with Gasteiger partial charge >= 0.3 is 17.9 Å². The van der Waals surface area contributed by atoms with Crippen molar-refractivity contribution in [2.75, 3.05) is 0 Å². The second-order valence-electron chi connectivity index (χ2n) is 3.22. The van der Waals surface area contributed by atoms with Crippen molar-refractivity contribution in [2.45, 2.75) is 45.1 Å². The number of carbonyl (C=O) groups excluding carboxylic acids is 1. The first-order valence-electron chi connectivity index (χ1n) is 4.60. The van der Waals surface area contributed by atoms with Crippen LogP contribution < -0.4 is 0 Å². The number of alkyl halides is 2. The summed E-state index contributed by atoms with van der Waals surface area (Å²) in [6, 6.07) is 0. The summed E-state index contributed by atoms with van der Waals surface area (Å²) in [5.74, 6) is -6.74. The van der Waals surface area contributed by atoms with E-state index in [2.05, 4.69) is 4.74 Å². The predicted octanol–water partition coefficient (Wildman–Crippen LogP) is 1.83. The number of halogens is 2. The SMILES string of the molecule is CCC(C)OC(=O)C(F)(F)CCC(=O)O. The molecule has 0 aromatic carbocycles. The van der Waals surface area contributed by atoms with Gasteiger partial charge in [-0.05, 0) is 13.3 Å². The van der Waals surface area contributed by atoms with Crippen LogP contribution in [0.25, 0.3) is 0 Å². The molecule has 0 rings (SSSR count). The highest BCUT2D eigenvalue weighted by molar-refractivity contribution is 5.78. The van der Waals surface area contributed by atoms with Gasteiger partial charge in [-0.25, -0.2) is 4.79 Å². The molecule has 0 aliphatic heterocycles. The van der Waals surface area contributed by atoms with E-state index in [1.54, 1.807) is 6.92 Å². The number of rotatable bonds is 6. The van der Waals surface area contributed by atoms with Crippen molar-refractivity contribution in [2.24, 2.45) is 0 Å². The summed E-state index contributed by atoms with van der Waals surface area (Å²) in [5.41, 5.74) is 0. The lowest BCUT2D eigenvalue weighted by Gasteiger charge is -2.17. The van der Waals surface area contributed by atoms with E-state index in [0.717, 1.165) is 0 Å². The number of carboxylic acid groups (broad SMARTS) is 1. The lowest BCUT2D eigenvalue weighted by atomic mass is 10.2. The Morgan fingerprint density at radius 2 is 2.00 bits per heavy atom. The first-order chi connectivity index (χ1) is 6.79. The van der Waals surface area contributed by atoms with Crippen LogP contribution in [0.3, 0.4) is 0 Å². The second-order valence-corrected chi connectivity index (χ2v) is 3.22. The van der Waals surface area contributed by atoms with Gasteiger partial charge in [-0.15, -0.1) is 0 Å². The number of carbonyl (C=O) groups is 2. The molecule has 0 radical (unpaired) electrons. The Kier molecular flexibility index (Phi) is 5.18. The molecule has 0 saturated heterocycles. The third kappa shape index (κ3) is 5.29.